The lowest BCUT2D eigenvalue weighted by Gasteiger charge is -2.28. The van der Waals surface area contributed by atoms with Gasteiger partial charge >= 0.3 is 12.2 Å². The average molecular weight is 1030 g/mol. The molecule has 0 bridgehead atoms. The van der Waals surface area contributed by atoms with Crippen LogP contribution in [0.2, 0.25) is 0 Å². The number of carbonyl (C=O) groups is 4. The summed E-state index contributed by atoms with van der Waals surface area (Å²) in [5.41, 5.74) is 9.88. The molecule has 14 nitrogen and oxygen atoms in total. The van der Waals surface area contributed by atoms with E-state index < -0.39 is 23.3 Å². The summed E-state index contributed by atoms with van der Waals surface area (Å²) in [6.07, 6.45) is 13.2. The number of nitrogens with zero attached hydrogens (tertiary/aromatic N) is 4. The number of benzene rings is 4. The van der Waals surface area contributed by atoms with Gasteiger partial charge < -0.3 is 30.1 Å². The van der Waals surface area contributed by atoms with Crippen LogP contribution in [0, 0.1) is 0 Å². The Labute approximate surface area is 448 Å². The van der Waals surface area contributed by atoms with Gasteiger partial charge in [-0.1, -0.05) is 97.1 Å². The van der Waals surface area contributed by atoms with E-state index in [4.69, 9.17) is 9.47 Å². The number of hydrogen-bond donors (Lipinski definition) is 4. The lowest BCUT2D eigenvalue weighted by atomic mass is 9.98. The van der Waals surface area contributed by atoms with Gasteiger partial charge in [0.25, 0.3) is 0 Å². The molecule has 10 rings (SSSR count). The minimum Gasteiger partial charge on any atom is -0.444 e. The van der Waals surface area contributed by atoms with Crippen molar-refractivity contribution >= 4 is 23.8 Å². The van der Waals surface area contributed by atoms with Gasteiger partial charge in [-0.15, -0.1) is 0 Å². The molecule has 4 aromatic carbocycles. The fourth-order valence-electron chi connectivity index (χ4n) is 10.7. The maximum atomic E-state index is 13.0. The monoisotopic (exact) mass is 1030 g/mol. The van der Waals surface area contributed by atoms with Crippen LogP contribution < -0.4 is 10.6 Å². The van der Waals surface area contributed by atoms with E-state index in [0.29, 0.717) is 50.6 Å². The first-order valence-electron chi connectivity index (χ1n) is 27.5. The van der Waals surface area contributed by atoms with Gasteiger partial charge in [0.15, 0.2) is 5.78 Å². The van der Waals surface area contributed by atoms with E-state index in [2.05, 4.69) is 128 Å². The fourth-order valence-corrected chi connectivity index (χ4v) is 10.7. The number of hydrogen-bond acceptors (Lipinski definition) is 10. The molecule has 400 valence electrons. The summed E-state index contributed by atoms with van der Waals surface area (Å²) >= 11 is 0. The second kappa shape index (κ2) is 24.0. The number of nitrogens with one attached hydrogen (secondary N) is 4. The minimum absolute atomic E-state index is 0.0816. The highest BCUT2D eigenvalue weighted by atomic mass is 16.6. The number of aromatic amines is 2. The molecule has 0 saturated carbocycles. The van der Waals surface area contributed by atoms with E-state index in [9.17, 15) is 19.2 Å². The standard InChI is InChI=1S/C36H46N4O5.C26H30N4O/c1-35(2,3)44-33(42)39-21-7-9-29(39)31(41)20-13-24-11-14-25(15-12-24)26-16-18-27(19-17-26)28-23-37-32(38-28)30-10-8-22-40(30)34(43)45-36(4,5)6;31-25(22-3-1-15-27-22)14-7-18-5-8-19(9-6-18)20-10-12-21(13-11-20)24-17-29-26(30-24)23-4-2-16-28-23/h11-12,14-19,23,29-30H,7-10,13,20-22H2,1-6H3,(H,37,38);5-6,8-13,17,22-23,27-28H,1-4,7,14-16H2,(H,29,30)/t29-,30-;22-,23-/m00/s1. The summed E-state index contributed by atoms with van der Waals surface area (Å²) < 4.78 is 11.1. The van der Waals surface area contributed by atoms with Crippen LogP contribution >= 0.6 is 0 Å². The molecule has 4 atom stereocenters. The Bertz CT molecular complexity index is 2900. The molecular weight excluding hydrogens is 953 g/mol. The van der Waals surface area contributed by atoms with Gasteiger partial charge in [-0.2, -0.15) is 0 Å². The lowest BCUT2D eigenvalue weighted by molar-refractivity contribution is -0.123. The SMILES string of the molecule is CC(C)(C)OC(=O)N1CCC[C@H]1C(=O)CCc1ccc(-c2ccc(-c3cnc([C@@H]4CCCN4C(=O)OC(C)(C)C)[nH]3)cc2)cc1.O=C(CCc1ccc(-c2ccc(-c3cnc([C@@H]4CCCN4)[nH]3)cc2)cc1)[C@@H]1CCCN1. The number of imidazole rings is 2. The van der Waals surface area contributed by atoms with Crippen molar-refractivity contribution < 1.29 is 28.7 Å². The first-order chi connectivity index (χ1) is 36.5. The third-order valence-corrected chi connectivity index (χ3v) is 14.8. The molecule has 4 N–H and O–H groups in total. The second-order valence-corrected chi connectivity index (χ2v) is 22.8. The molecule has 4 aliphatic rings. The van der Waals surface area contributed by atoms with Crippen molar-refractivity contribution in [2.24, 2.45) is 0 Å². The first kappa shape index (κ1) is 53.9. The van der Waals surface area contributed by atoms with Gasteiger partial charge in [0, 0.05) is 25.9 Å². The summed E-state index contributed by atoms with van der Waals surface area (Å²) in [7, 11) is 0. The highest BCUT2D eigenvalue weighted by molar-refractivity contribution is 5.88. The number of aromatic nitrogens is 4. The summed E-state index contributed by atoms with van der Waals surface area (Å²) in [5.74, 6) is 2.25. The lowest BCUT2D eigenvalue weighted by Crippen LogP contribution is -2.43. The molecule has 6 heterocycles. The first-order valence-corrected chi connectivity index (χ1v) is 27.5. The van der Waals surface area contributed by atoms with Crippen LogP contribution in [-0.4, -0.2) is 103 Å². The van der Waals surface area contributed by atoms with Crippen LogP contribution in [0.3, 0.4) is 0 Å². The molecule has 2 amide bonds. The van der Waals surface area contributed by atoms with Crippen LogP contribution in [0.15, 0.2) is 109 Å². The maximum absolute atomic E-state index is 13.0. The highest BCUT2D eigenvalue weighted by Gasteiger charge is 2.37. The minimum atomic E-state index is -0.583. The Morgan fingerprint density at radius 1 is 0.513 bits per heavy atom. The number of Topliss-reactive ketones (excluding diaryl/α,β-unsaturated/α-hetero) is 2. The largest absolute Gasteiger partial charge is 0.444 e. The van der Waals surface area contributed by atoms with Crippen molar-refractivity contribution in [3.05, 3.63) is 132 Å². The number of amides is 2. The molecule has 2 aromatic heterocycles. The summed E-state index contributed by atoms with van der Waals surface area (Å²) in [4.78, 5) is 70.1. The Kier molecular flexibility index (Phi) is 17.0. The predicted molar refractivity (Wildman–Crippen MR) is 297 cm³/mol. The third-order valence-electron chi connectivity index (χ3n) is 14.8. The van der Waals surface area contributed by atoms with Gasteiger partial charge in [0.2, 0.25) is 0 Å². The number of ketones is 2. The highest BCUT2D eigenvalue weighted by Crippen LogP contribution is 2.34. The van der Waals surface area contributed by atoms with Crippen molar-refractivity contribution in [3.63, 3.8) is 0 Å². The topological polar surface area (TPSA) is 175 Å². The number of H-pyrrole nitrogens is 2. The van der Waals surface area contributed by atoms with Crippen molar-refractivity contribution in [1.29, 1.82) is 0 Å². The molecule has 76 heavy (non-hydrogen) atoms. The molecule has 6 aromatic rings. The van der Waals surface area contributed by atoms with Crippen molar-refractivity contribution in [3.8, 4) is 44.8 Å². The zero-order valence-electron chi connectivity index (χ0n) is 45.3. The van der Waals surface area contributed by atoms with Crippen molar-refractivity contribution in [2.45, 2.75) is 154 Å². The summed E-state index contributed by atoms with van der Waals surface area (Å²) in [6.45, 7) is 14.4. The summed E-state index contributed by atoms with van der Waals surface area (Å²) in [6, 6.07) is 33.7. The number of likely N-dealkylation sites (tertiary alicyclic amines) is 2. The van der Waals surface area contributed by atoms with E-state index in [1.54, 1.807) is 9.80 Å². The van der Waals surface area contributed by atoms with Gasteiger partial charge in [0.05, 0.1) is 47.9 Å². The van der Waals surface area contributed by atoms with Crippen molar-refractivity contribution in [1.82, 2.24) is 40.4 Å². The molecule has 14 heteroatoms. The Hall–Kier alpha value is -6.90. The predicted octanol–water partition coefficient (Wildman–Crippen LogP) is 12.1. The maximum Gasteiger partial charge on any atom is 0.410 e. The molecule has 0 unspecified atom stereocenters. The number of aryl methyl sites for hydroxylation is 2. The van der Waals surface area contributed by atoms with E-state index in [1.807, 2.05) is 53.9 Å². The normalized spacial score (nSPS) is 19.6. The quantitative estimate of drug-likeness (QED) is 0.0822. The Morgan fingerprint density at radius 3 is 1.47 bits per heavy atom. The molecule has 0 radical (unpaired) electrons. The Morgan fingerprint density at radius 2 is 0.961 bits per heavy atom. The van der Waals surface area contributed by atoms with Crippen LogP contribution in [0.4, 0.5) is 9.59 Å². The van der Waals surface area contributed by atoms with E-state index in [0.717, 1.165) is 109 Å². The fraction of sp³-hybridized carbons (Fsp3) is 0.452. The molecule has 4 fully saturated rings. The zero-order valence-corrected chi connectivity index (χ0v) is 45.3. The molecule has 0 spiro atoms. The Balaban J connectivity index is 0.000000198. The number of rotatable bonds is 14. The van der Waals surface area contributed by atoms with Crippen LogP contribution in [0.5, 0.6) is 0 Å². The molecular formula is C62H76N8O6. The van der Waals surface area contributed by atoms with E-state index in [-0.39, 0.29) is 24.0 Å². The van der Waals surface area contributed by atoms with Gasteiger partial charge in [0.1, 0.15) is 28.6 Å². The van der Waals surface area contributed by atoms with Crippen LogP contribution in [0.25, 0.3) is 44.8 Å². The molecule has 4 saturated heterocycles. The van der Waals surface area contributed by atoms with Gasteiger partial charge in [-0.25, -0.2) is 19.6 Å². The van der Waals surface area contributed by atoms with Gasteiger partial charge in [-0.05, 0) is 163 Å². The van der Waals surface area contributed by atoms with Crippen molar-refractivity contribution in [2.75, 3.05) is 26.2 Å². The van der Waals surface area contributed by atoms with Gasteiger partial charge in [-0.3, -0.25) is 19.4 Å². The average Bonchev–Trinajstić information content (AvgIpc) is 4.27. The number of ether oxygens (including phenoxy) is 2. The van der Waals surface area contributed by atoms with Crippen LogP contribution in [-0.2, 0) is 31.9 Å². The summed E-state index contributed by atoms with van der Waals surface area (Å²) in [5, 5.41) is 6.78. The zero-order chi connectivity index (χ0) is 53.4. The van der Waals surface area contributed by atoms with E-state index >= 15 is 0 Å². The smallest absolute Gasteiger partial charge is 0.410 e. The van der Waals surface area contributed by atoms with E-state index in [1.165, 1.54) is 23.1 Å². The third kappa shape index (κ3) is 13.9. The van der Waals surface area contributed by atoms with Crippen LogP contribution in [0.1, 0.15) is 141 Å². The molecule has 0 aliphatic carbocycles. The second-order valence-electron chi connectivity index (χ2n) is 22.8. The molecule has 4 aliphatic heterocycles. The number of carbonyl (C=O) groups excluding carboxylic acids is 4.